The van der Waals surface area contributed by atoms with Crippen molar-refractivity contribution in [1.82, 2.24) is 4.90 Å². The Balaban J connectivity index is 2.10. The third kappa shape index (κ3) is 3.57. The molecule has 20 heavy (non-hydrogen) atoms. The lowest BCUT2D eigenvalue weighted by Crippen LogP contribution is -2.33. The minimum absolute atomic E-state index is 0.178. The van der Waals surface area contributed by atoms with Crippen LogP contribution >= 0.6 is 11.6 Å². The van der Waals surface area contributed by atoms with Crippen LogP contribution in [0.3, 0.4) is 0 Å². The Morgan fingerprint density at radius 3 is 2.80 bits per heavy atom. The molecule has 0 aliphatic carbocycles. The van der Waals surface area contributed by atoms with Gasteiger partial charge in [0, 0.05) is 13.0 Å². The van der Waals surface area contributed by atoms with Crippen LogP contribution in [0.15, 0.2) is 23.1 Å². The summed E-state index contributed by atoms with van der Waals surface area (Å²) in [6.45, 7) is 7.09. The maximum atomic E-state index is 12.5. The smallest absolute Gasteiger partial charge is 0.226 e. The van der Waals surface area contributed by atoms with Crippen LogP contribution in [0.5, 0.6) is 0 Å². The lowest BCUT2D eigenvalue weighted by Gasteiger charge is -2.26. The second kappa shape index (κ2) is 7.16. The van der Waals surface area contributed by atoms with Gasteiger partial charge in [0.15, 0.2) is 0 Å². The average molecular weight is 298 g/mol. The van der Waals surface area contributed by atoms with Crippen LogP contribution in [-0.2, 0) is 9.53 Å². The lowest BCUT2D eigenvalue weighted by atomic mass is 9.92. The zero-order valence-electron chi connectivity index (χ0n) is 12.3. The molecule has 2 aliphatic rings. The molecule has 112 valence electrons. The maximum Gasteiger partial charge on any atom is 0.226 e. The van der Waals surface area contributed by atoms with E-state index in [2.05, 4.69) is 13.5 Å². The number of carbonyl (C=O) groups is 1. The van der Waals surface area contributed by atoms with E-state index in [0.717, 1.165) is 31.5 Å². The largest absolute Gasteiger partial charge is 0.486 e. The van der Waals surface area contributed by atoms with Gasteiger partial charge in [0.2, 0.25) is 5.91 Å². The number of hydrogen-bond acceptors (Lipinski definition) is 2. The molecule has 1 atom stereocenters. The van der Waals surface area contributed by atoms with E-state index in [-0.39, 0.29) is 5.91 Å². The van der Waals surface area contributed by atoms with E-state index in [0.29, 0.717) is 29.7 Å². The average Bonchev–Trinajstić information content (AvgIpc) is 2.77. The number of nitrogens with zero attached hydrogens (tertiary/aromatic N) is 1. The monoisotopic (exact) mass is 297 g/mol. The van der Waals surface area contributed by atoms with Gasteiger partial charge in [-0.2, -0.15) is 0 Å². The Morgan fingerprint density at radius 2 is 2.15 bits per heavy atom. The molecule has 1 amide bonds. The molecule has 1 unspecified atom stereocenters. The zero-order valence-corrected chi connectivity index (χ0v) is 13.0. The van der Waals surface area contributed by atoms with Gasteiger partial charge in [0.25, 0.3) is 0 Å². The maximum absolute atomic E-state index is 12.5. The van der Waals surface area contributed by atoms with Gasteiger partial charge < -0.3 is 9.64 Å². The Kier molecular flexibility index (Phi) is 5.53. The number of hydrogen-bond donors (Lipinski definition) is 0. The predicted molar refractivity (Wildman–Crippen MR) is 81.2 cm³/mol. The van der Waals surface area contributed by atoms with E-state index >= 15 is 0 Å². The molecule has 0 bridgehead atoms. The molecule has 2 aliphatic heterocycles. The fourth-order valence-corrected chi connectivity index (χ4v) is 3.16. The molecule has 2 rings (SSSR count). The molecule has 2 heterocycles. The Labute approximate surface area is 126 Å². The summed E-state index contributed by atoms with van der Waals surface area (Å²) in [5.74, 6) is 1.34. The molecule has 0 spiro atoms. The van der Waals surface area contributed by atoms with Crippen LogP contribution in [0.25, 0.3) is 0 Å². The van der Waals surface area contributed by atoms with E-state index in [4.69, 9.17) is 16.3 Å². The first-order valence-electron chi connectivity index (χ1n) is 7.64. The summed E-state index contributed by atoms with van der Waals surface area (Å²) in [5, 5.41) is 0.516. The van der Waals surface area contributed by atoms with Crippen molar-refractivity contribution in [3.8, 4) is 0 Å². The number of allylic oxidation sites excluding steroid dienone is 1. The van der Waals surface area contributed by atoms with Gasteiger partial charge in [0.05, 0.1) is 5.70 Å². The van der Waals surface area contributed by atoms with E-state index in [1.807, 2.05) is 4.90 Å². The topological polar surface area (TPSA) is 29.5 Å². The molecule has 1 saturated heterocycles. The van der Waals surface area contributed by atoms with E-state index in [9.17, 15) is 4.79 Å². The van der Waals surface area contributed by atoms with Gasteiger partial charge in [-0.05, 0) is 18.8 Å². The minimum Gasteiger partial charge on any atom is -0.486 e. The Morgan fingerprint density at radius 1 is 1.35 bits per heavy atom. The van der Waals surface area contributed by atoms with Crippen molar-refractivity contribution in [1.29, 1.82) is 0 Å². The Bertz CT molecular complexity index is 417. The van der Waals surface area contributed by atoms with Crippen molar-refractivity contribution >= 4 is 17.5 Å². The van der Waals surface area contributed by atoms with Crippen LogP contribution in [0.1, 0.15) is 51.9 Å². The number of amides is 1. The third-order valence-corrected chi connectivity index (χ3v) is 4.77. The molecule has 0 aromatic carbocycles. The van der Waals surface area contributed by atoms with Gasteiger partial charge in [-0.15, -0.1) is 0 Å². The van der Waals surface area contributed by atoms with Crippen LogP contribution in [0.2, 0.25) is 0 Å². The van der Waals surface area contributed by atoms with Gasteiger partial charge in [-0.1, -0.05) is 50.8 Å². The van der Waals surface area contributed by atoms with Crippen molar-refractivity contribution in [3.63, 3.8) is 0 Å². The summed E-state index contributed by atoms with van der Waals surface area (Å²) in [6, 6.07) is 0. The molecule has 4 heteroatoms. The minimum atomic E-state index is 0.178. The molecule has 1 fully saturated rings. The summed E-state index contributed by atoms with van der Waals surface area (Å²) in [6.07, 6.45) is 7.48. The van der Waals surface area contributed by atoms with Crippen molar-refractivity contribution in [2.45, 2.75) is 51.9 Å². The SMILES string of the molecule is C=C1OCC(N2CCCCCC(CC)CCC2=O)=C1Cl. The summed E-state index contributed by atoms with van der Waals surface area (Å²) in [4.78, 5) is 14.3. The summed E-state index contributed by atoms with van der Waals surface area (Å²) >= 11 is 6.21. The first kappa shape index (κ1) is 15.4. The highest BCUT2D eigenvalue weighted by molar-refractivity contribution is 6.32. The Hall–Kier alpha value is -0.960. The third-order valence-electron chi connectivity index (χ3n) is 4.35. The zero-order chi connectivity index (χ0) is 14.5. The lowest BCUT2D eigenvalue weighted by molar-refractivity contribution is -0.130. The first-order chi connectivity index (χ1) is 9.63. The fraction of sp³-hybridized carbons (Fsp3) is 0.688. The van der Waals surface area contributed by atoms with Crippen LogP contribution in [0, 0.1) is 5.92 Å². The quantitative estimate of drug-likeness (QED) is 0.765. The number of carbonyl (C=O) groups excluding carboxylic acids is 1. The highest BCUT2D eigenvalue weighted by atomic mass is 35.5. The highest BCUT2D eigenvalue weighted by Gasteiger charge is 2.27. The first-order valence-corrected chi connectivity index (χ1v) is 8.02. The van der Waals surface area contributed by atoms with Gasteiger partial charge >= 0.3 is 0 Å². The van der Waals surface area contributed by atoms with E-state index in [1.165, 1.54) is 19.3 Å². The standard InChI is InChI=1S/C16H24ClNO2/c1-3-13-7-5-4-6-10-18(15(19)9-8-13)14-11-20-12(2)16(14)17/h13H,2-11H2,1H3. The van der Waals surface area contributed by atoms with E-state index < -0.39 is 0 Å². The van der Waals surface area contributed by atoms with Crippen molar-refractivity contribution < 1.29 is 9.53 Å². The second-order valence-corrected chi connectivity index (χ2v) is 6.06. The summed E-state index contributed by atoms with van der Waals surface area (Å²) < 4.78 is 5.36. The molecule has 0 aromatic heterocycles. The molecule has 0 radical (unpaired) electrons. The molecule has 0 saturated carbocycles. The summed E-state index contributed by atoms with van der Waals surface area (Å²) in [7, 11) is 0. The molecule has 3 nitrogen and oxygen atoms in total. The highest BCUT2D eigenvalue weighted by Crippen LogP contribution is 2.31. The van der Waals surface area contributed by atoms with Crippen molar-refractivity contribution in [2.75, 3.05) is 13.2 Å². The fourth-order valence-electron chi connectivity index (χ4n) is 2.94. The predicted octanol–water partition coefficient (Wildman–Crippen LogP) is 4.19. The molecular weight excluding hydrogens is 274 g/mol. The number of rotatable bonds is 2. The van der Waals surface area contributed by atoms with Crippen LogP contribution < -0.4 is 0 Å². The van der Waals surface area contributed by atoms with Gasteiger partial charge in [0.1, 0.15) is 17.4 Å². The molecule has 0 aromatic rings. The number of ether oxygens (including phenoxy) is 1. The van der Waals surface area contributed by atoms with Crippen LogP contribution in [-0.4, -0.2) is 24.0 Å². The molecule has 0 N–H and O–H groups in total. The normalized spacial score (nSPS) is 25.9. The van der Waals surface area contributed by atoms with Crippen molar-refractivity contribution in [2.24, 2.45) is 5.92 Å². The summed E-state index contributed by atoms with van der Waals surface area (Å²) in [5.41, 5.74) is 0.801. The van der Waals surface area contributed by atoms with E-state index in [1.54, 1.807) is 0 Å². The van der Waals surface area contributed by atoms with Crippen LogP contribution in [0.4, 0.5) is 0 Å². The second-order valence-electron chi connectivity index (χ2n) is 5.68. The van der Waals surface area contributed by atoms with Gasteiger partial charge in [-0.25, -0.2) is 0 Å². The van der Waals surface area contributed by atoms with Crippen molar-refractivity contribution in [3.05, 3.63) is 23.1 Å². The number of halogens is 1. The van der Waals surface area contributed by atoms with Gasteiger partial charge in [-0.3, -0.25) is 4.79 Å². The molecular formula is C16H24ClNO2.